The molecule has 1 N–H and O–H groups in total. The van der Waals surface area contributed by atoms with Crippen molar-refractivity contribution in [1.29, 1.82) is 0 Å². The average molecular weight is 320 g/mol. The number of rotatable bonds is 5. The molecule has 5 heteroatoms. The molecule has 1 rings (SSSR count). The van der Waals surface area contributed by atoms with Gasteiger partial charge in [0.2, 0.25) is 0 Å². The Kier molecular flexibility index (Phi) is 5.62. The molecule has 0 amide bonds. The molecule has 1 unspecified atom stereocenters. The highest BCUT2D eigenvalue weighted by Gasteiger charge is 2.25. The Hall–Kier alpha value is -0.390. The van der Waals surface area contributed by atoms with Gasteiger partial charge in [0.25, 0.3) is 0 Å². The molecule has 0 aromatic carbocycles. The van der Waals surface area contributed by atoms with Crippen LogP contribution in [-0.2, 0) is 9.53 Å². The van der Waals surface area contributed by atoms with Crippen LogP contribution in [0.1, 0.15) is 31.7 Å². The number of thiophene rings is 1. The van der Waals surface area contributed by atoms with Gasteiger partial charge in [-0.2, -0.15) is 0 Å². The van der Waals surface area contributed by atoms with Crippen molar-refractivity contribution >= 4 is 33.2 Å². The van der Waals surface area contributed by atoms with Crippen molar-refractivity contribution in [3.63, 3.8) is 0 Å². The average Bonchev–Trinajstić information content (AvgIpc) is 2.70. The van der Waals surface area contributed by atoms with E-state index in [-0.39, 0.29) is 24.0 Å². The van der Waals surface area contributed by atoms with Gasteiger partial charge >= 0.3 is 5.97 Å². The summed E-state index contributed by atoms with van der Waals surface area (Å²) in [4.78, 5) is 12.8. The van der Waals surface area contributed by atoms with E-state index < -0.39 is 0 Å². The highest BCUT2D eigenvalue weighted by Crippen LogP contribution is 2.29. The molecular formula is C12H18BrNO2S. The minimum atomic E-state index is -0.274. The first-order valence-corrected chi connectivity index (χ1v) is 7.21. The predicted molar refractivity (Wildman–Crippen MR) is 74.2 cm³/mol. The van der Waals surface area contributed by atoms with Crippen molar-refractivity contribution in [2.75, 3.05) is 7.11 Å². The van der Waals surface area contributed by atoms with E-state index in [1.807, 2.05) is 25.3 Å². The van der Waals surface area contributed by atoms with Gasteiger partial charge in [0.05, 0.1) is 7.11 Å². The van der Waals surface area contributed by atoms with Crippen LogP contribution in [0.25, 0.3) is 0 Å². The molecule has 96 valence electrons. The van der Waals surface area contributed by atoms with E-state index in [0.29, 0.717) is 0 Å². The van der Waals surface area contributed by atoms with Crippen LogP contribution in [0.5, 0.6) is 0 Å². The lowest BCUT2D eigenvalue weighted by Crippen LogP contribution is -2.42. The molecule has 1 heterocycles. The zero-order valence-electron chi connectivity index (χ0n) is 10.5. The second kappa shape index (κ2) is 6.52. The van der Waals surface area contributed by atoms with E-state index in [2.05, 4.69) is 28.2 Å². The zero-order chi connectivity index (χ0) is 13.0. The van der Waals surface area contributed by atoms with Gasteiger partial charge in [0.15, 0.2) is 0 Å². The fraction of sp³-hybridized carbons (Fsp3) is 0.583. The second-order valence-corrected chi connectivity index (χ2v) is 6.07. The summed E-state index contributed by atoms with van der Waals surface area (Å²) >= 11 is 5.17. The molecule has 0 saturated carbocycles. The third-order valence-corrected chi connectivity index (χ3v) is 4.64. The minimum Gasteiger partial charge on any atom is -0.468 e. The Bertz CT molecular complexity index is 378. The third kappa shape index (κ3) is 3.79. The van der Waals surface area contributed by atoms with Crippen LogP contribution in [0.15, 0.2) is 15.9 Å². The second-order valence-electron chi connectivity index (χ2n) is 4.27. The standard InChI is InChI=1S/C12H18BrNO2S/c1-7(2)10(12(15)16-4)14-8(3)11-9(13)5-6-17-11/h5-8,10,14H,1-4H3/t8?,10-/m1/s1. The number of methoxy groups -OCH3 is 1. The fourth-order valence-electron chi connectivity index (χ4n) is 1.62. The van der Waals surface area contributed by atoms with E-state index >= 15 is 0 Å². The van der Waals surface area contributed by atoms with Crippen LogP contribution >= 0.6 is 27.3 Å². The molecule has 1 aromatic heterocycles. The highest BCUT2D eigenvalue weighted by atomic mass is 79.9. The smallest absolute Gasteiger partial charge is 0.323 e. The molecule has 0 saturated heterocycles. The van der Waals surface area contributed by atoms with Crippen molar-refractivity contribution in [3.05, 3.63) is 20.8 Å². The maximum absolute atomic E-state index is 11.7. The first-order valence-electron chi connectivity index (χ1n) is 5.54. The maximum Gasteiger partial charge on any atom is 0.323 e. The molecule has 0 radical (unpaired) electrons. The van der Waals surface area contributed by atoms with Gasteiger partial charge in [-0.15, -0.1) is 11.3 Å². The van der Waals surface area contributed by atoms with Crippen LogP contribution in [0.4, 0.5) is 0 Å². The van der Waals surface area contributed by atoms with Crippen LogP contribution in [0, 0.1) is 5.92 Å². The van der Waals surface area contributed by atoms with E-state index in [9.17, 15) is 4.79 Å². The lowest BCUT2D eigenvalue weighted by atomic mass is 10.0. The monoisotopic (exact) mass is 319 g/mol. The van der Waals surface area contributed by atoms with E-state index in [4.69, 9.17) is 4.74 Å². The van der Waals surface area contributed by atoms with Crippen molar-refractivity contribution in [2.24, 2.45) is 5.92 Å². The van der Waals surface area contributed by atoms with Gasteiger partial charge in [0.1, 0.15) is 6.04 Å². The van der Waals surface area contributed by atoms with Crippen LogP contribution in [0.3, 0.4) is 0 Å². The minimum absolute atomic E-state index is 0.121. The molecule has 0 fully saturated rings. The van der Waals surface area contributed by atoms with Crippen LogP contribution in [-0.4, -0.2) is 19.1 Å². The summed E-state index contributed by atoms with van der Waals surface area (Å²) in [6, 6.07) is 1.86. The summed E-state index contributed by atoms with van der Waals surface area (Å²) in [6.07, 6.45) is 0. The normalized spacial score (nSPS) is 14.7. The third-order valence-electron chi connectivity index (χ3n) is 2.59. The summed E-state index contributed by atoms with van der Waals surface area (Å²) in [5.74, 6) is -0.0110. The molecule has 0 aliphatic rings. The van der Waals surface area contributed by atoms with E-state index in [1.54, 1.807) is 11.3 Å². The molecule has 0 spiro atoms. The molecular weight excluding hydrogens is 302 g/mol. The van der Waals surface area contributed by atoms with Crippen LogP contribution < -0.4 is 5.32 Å². The summed E-state index contributed by atoms with van der Waals surface area (Å²) < 4.78 is 5.89. The quantitative estimate of drug-likeness (QED) is 0.846. The summed E-state index contributed by atoms with van der Waals surface area (Å²) in [6.45, 7) is 6.06. The molecule has 3 nitrogen and oxygen atoms in total. The number of carbonyl (C=O) groups excluding carboxylic acids is 1. The van der Waals surface area contributed by atoms with Gasteiger partial charge in [-0.3, -0.25) is 10.1 Å². The Balaban J connectivity index is 2.74. The Morgan fingerprint density at radius 1 is 1.47 bits per heavy atom. The fourth-order valence-corrected chi connectivity index (χ4v) is 3.35. The lowest BCUT2D eigenvalue weighted by Gasteiger charge is -2.24. The number of carbonyl (C=O) groups is 1. The van der Waals surface area contributed by atoms with Gasteiger partial charge in [-0.25, -0.2) is 0 Å². The van der Waals surface area contributed by atoms with Crippen molar-refractivity contribution < 1.29 is 9.53 Å². The Morgan fingerprint density at radius 2 is 2.12 bits per heavy atom. The number of ether oxygens (including phenoxy) is 1. The molecule has 2 atom stereocenters. The molecule has 17 heavy (non-hydrogen) atoms. The van der Waals surface area contributed by atoms with E-state index in [1.165, 1.54) is 12.0 Å². The van der Waals surface area contributed by atoms with Crippen molar-refractivity contribution in [1.82, 2.24) is 5.32 Å². The first-order chi connectivity index (χ1) is 7.97. The topological polar surface area (TPSA) is 38.3 Å². The van der Waals surface area contributed by atoms with Crippen LogP contribution in [0.2, 0.25) is 0 Å². The Morgan fingerprint density at radius 3 is 2.53 bits per heavy atom. The van der Waals surface area contributed by atoms with Gasteiger partial charge in [-0.1, -0.05) is 13.8 Å². The lowest BCUT2D eigenvalue weighted by molar-refractivity contribution is -0.144. The number of halogens is 1. The van der Waals surface area contributed by atoms with Gasteiger partial charge < -0.3 is 4.74 Å². The highest BCUT2D eigenvalue weighted by molar-refractivity contribution is 9.10. The zero-order valence-corrected chi connectivity index (χ0v) is 12.9. The SMILES string of the molecule is COC(=O)[C@H](NC(C)c1sccc1Br)C(C)C. The number of hydrogen-bond donors (Lipinski definition) is 1. The molecule has 1 aromatic rings. The summed E-state index contributed by atoms with van der Waals surface area (Å²) in [5, 5.41) is 5.34. The van der Waals surface area contributed by atoms with Crippen molar-refractivity contribution in [3.8, 4) is 0 Å². The molecule has 0 bridgehead atoms. The number of hydrogen-bond acceptors (Lipinski definition) is 4. The van der Waals surface area contributed by atoms with Crippen molar-refractivity contribution in [2.45, 2.75) is 32.9 Å². The van der Waals surface area contributed by atoms with E-state index in [0.717, 1.165) is 4.47 Å². The number of nitrogens with one attached hydrogen (secondary N) is 1. The molecule has 0 aliphatic heterocycles. The summed E-state index contributed by atoms with van der Waals surface area (Å²) in [7, 11) is 1.42. The largest absolute Gasteiger partial charge is 0.468 e. The van der Waals surface area contributed by atoms with Gasteiger partial charge in [-0.05, 0) is 40.2 Å². The first kappa shape index (κ1) is 14.7. The van der Waals surface area contributed by atoms with Gasteiger partial charge in [0, 0.05) is 15.4 Å². The molecule has 0 aliphatic carbocycles. The predicted octanol–water partition coefficient (Wildman–Crippen LogP) is 3.36. The summed E-state index contributed by atoms with van der Waals surface area (Å²) in [5.41, 5.74) is 0. The Labute approximate surface area is 115 Å². The maximum atomic E-state index is 11.7. The number of esters is 1.